The molecule has 0 aliphatic rings. The van der Waals surface area contributed by atoms with Crippen molar-refractivity contribution in [1.29, 1.82) is 0 Å². The first-order chi connectivity index (χ1) is 9.88. The zero-order chi connectivity index (χ0) is 15.6. The Bertz CT molecular complexity index is 682. The molecular formula is C14H11Br2NO3S. The number of anilines is 1. The highest BCUT2D eigenvalue weighted by molar-refractivity contribution is 9.12. The van der Waals surface area contributed by atoms with Gasteiger partial charge in [0.05, 0.1) is 13.1 Å². The van der Waals surface area contributed by atoms with Crippen molar-refractivity contribution in [3.63, 3.8) is 0 Å². The molecular weight excluding hydrogens is 422 g/mol. The van der Waals surface area contributed by atoms with Gasteiger partial charge >= 0.3 is 5.97 Å². The molecule has 0 aliphatic carbocycles. The number of amides is 1. The van der Waals surface area contributed by atoms with E-state index in [1.807, 2.05) is 19.1 Å². The molecule has 0 unspecified atom stereocenters. The van der Waals surface area contributed by atoms with E-state index < -0.39 is 5.97 Å². The summed E-state index contributed by atoms with van der Waals surface area (Å²) >= 11 is 8.02. The number of hydrogen-bond acceptors (Lipinski definition) is 3. The summed E-state index contributed by atoms with van der Waals surface area (Å²) in [5.74, 6) is -1.41. The van der Waals surface area contributed by atoms with Gasteiger partial charge in [-0.1, -0.05) is 17.7 Å². The van der Waals surface area contributed by atoms with Crippen molar-refractivity contribution in [2.45, 2.75) is 6.92 Å². The van der Waals surface area contributed by atoms with Crippen molar-refractivity contribution in [2.75, 3.05) is 11.4 Å². The first-order valence-electron chi connectivity index (χ1n) is 5.93. The maximum atomic E-state index is 12.6. The van der Waals surface area contributed by atoms with Crippen LogP contribution in [0.4, 0.5) is 5.69 Å². The van der Waals surface area contributed by atoms with Crippen molar-refractivity contribution in [3.8, 4) is 0 Å². The van der Waals surface area contributed by atoms with E-state index >= 15 is 0 Å². The third kappa shape index (κ3) is 3.93. The predicted molar refractivity (Wildman–Crippen MR) is 90.2 cm³/mol. The fourth-order valence-corrected chi connectivity index (χ4v) is 4.55. The second kappa shape index (κ2) is 6.72. The molecule has 2 rings (SSSR count). The van der Waals surface area contributed by atoms with E-state index in [1.54, 1.807) is 18.2 Å². The second-order valence-corrected chi connectivity index (χ2v) is 8.11. The van der Waals surface area contributed by atoms with Crippen LogP contribution < -0.4 is 4.90 Å². The van der Waals surface area contributed by atoms with Gasteiger partial charge in [-0.15, -0.1) is 11.3 Å². The Labute approximate surface area is 142 Å². The molecule has 1 amide bonds. The van der Waals surface area contributed by atoms with E-state index in [4.69, 9.17) is 5.11 Å². The Morgan fingerprint density at radius 2 is 1.86 bits per heavy atom. The van der Waals surface area contributed by atoms with Gasteiger partial charge in [-0.2, -0.15) is 0 Å². The second-order valence-electron chi connectivity index (χ2n) is 4.36. The van der Waals surface area contributed by atoms with Crippen LogP contribution in [0.15, 0.2) is 37.9 Å². The number of aryl methyl sites for hydroxylation is 1. The zero-order valence-electron chi connectivity index (χ0n) is 11.0. The number of aliphatic carboxylic acids is 1. The standard InChI is InChI=1S/C14H11Br2NO3S/c1-8-2-4-9(5-3-8)17(7-12(18)19)14(20)10-6-11(15)21-13(10)16/h2-6H,7H2,1H3,(H,18,19). The van der Waals surface area contributed by atoms with E-state index in [1.165, 1.54) is 16.2 Å². The number of carboxylic acids is 1. The largest absolute Gasteiger partial charge is 0.480 e. The minimum Gasteiger partial charge on any atom is -0.480 e. The van der Waals surface area contributed by atoms with Crippen LogP contribution in [0.3, 0.4) is 0 Å². The van der Waals surface area contributed by atoms with E-state index in [0.29, 0.717) is 15.0 Å². The lowest BCUT2D eigenvalue weighted by Gasteiger charge is -2.20. The molecule has 0 saturated carbocycles. The molecule has 4 nitrogen and oxygen atoms in total. The molecule has 1 N–H and O–H groups in total. The third-order valence-electron chi connectivity index (χ3n) is 2.77. The van der Waals surface area contributed by atoms with Crippen LogP contribution in [0.1, 0.15) is 15.9 Å². The lowest BCUT2D eigenvalue weighted by Crippen LogP contribution is -2.35. The van der Waals surface area contributed by atoms with E-state index in [-0.39, 0.29) is 12.5 Å². The van der Waals surface area contributed by atoms with Gasteiger partial charge in [0.15, 0.2) is 0 Å². The monoisotopic (exact) mass is 431 g/mol. The molecule has 0 radical (unpaired) electrons. The van der Waals surface area contributed by atoms with Crippen molar-refractivity contribution in [3.05, 3.63) is 49.0 Å². The SMILES string of the molecule is Cc1ccc(N(CC(=O)O)C(=O)c2cc(Br)sc2Br)cc1. The maximum absolute atomic E-state index is 12.6. The Balaban J connectivity index is 2.40. The average molecular weight is 433 g/mol. The molecule has 0 spiro atoms. The Morgan fingerprint density at radius 1 is 1.24 bits per heavy atom. The number of nitrogens with zero attached hydrogens (tertiary/aromatic N) is 1. The highest BCUT2D eigenvalue weighted by Crippen LogP contribution is 2.33. The topological polar surface area (TPSA) is 57.6 Å². The number of thiophene rings is 1. The molecule has 1 aromatic heterocycles. The molecule has 2 aromatic rings. The highest BCUT2D eigenvalue weighted by atomic mass is 79.9. The van der Waals surface area contributed by atoms with Gasteiger partial charge in [0.2, 0.25) is 0 Å². The van der Waals surface area contributed by atoms with Gasteiger partial charge in [0.25, 0.3) is 5.91 Å². The van der Waals surface area contributed by atoms with Crippen LogP contribution in [-0.4, -0.2) is 23.5 Å². The number of hydrogen-bond donors (Lipinski definition) is 1. The normalized spacial score (nSPS) is 10.4. The number of carbonyl (C=O) groups is 2. The van der Waals surface area contributed by atoms with E-state index in [2.05, 4.69) is 31.9 Å². The quantitative estimate of drug-likeness (QED) is 0.782. The molecule has 1 aromatic carbocycles. The van der Waals surface area contributed by atoms with Crippen LogP contribution >= 0.6 is 43.2 Å². The summed E-state index contributed by atoms with van der Waals surface area (Å²) in [4.78, 5) is 24.9. The smallest absolute Gasteiger partial charge is 0.323 e. The molecule has 110 valence electrons. The number of carboxylic acid groups (broad SMARTS) is 1. The van der Waals surface area contributed by atoms with Gasteiger partial charge < -0.3 is 5.11 Å². The van der Waals surface area contributed by atoms with E-state index in [0.717, 1.165) is 9.35 Å². The Morgan fingerprint density at radius 3 is 2.33 bits per heavy atom. The lowest BCUT2D eigenvalue weighted by molar-refractivity contribution is -0.135. The van der Waals surface area contributed by atoms with Crippen molar-refractivity contribution in [2.24, 2.45) is 0 Å². The average Bonchev–Trinajstić information content (AvgIpc) is 2.75. The van der Waals surface area contributed by atoms with Crippen LogP contribution in [0, 0.1) is 6.92 Å². The van der Waals surface area contributed by atoms with Crippen LogP contribution in [0.25, 0.3) is 0 Å². The van der Waals surface area contributed by atoms with Gasteiger partial charge in [-0.25, -0.2) is 0 Å². The minimum atomic E-state index is -1.06. The fraction of sp³-hybridized carbons (Fsp3) is 0.143. The Kier molecular flexibility index (Phi) is 5.18. The molecule has 0 aliphatic heterocycles. The number of halogens is 2. The predicted octanol–water partition coefficient (Wildman–Crippen LogP) is 4.31. The molecule has 0 bridgehead atoms. The first-order valence-corrected chi connectivity index (χ1v) is 8.34. The van der Waals surface area contributed by atoms with Crippen LogP contribution in [0.5, 0.6) is 0 Å². The number of benzene rings is 1. The summed E-state index contributed by atoms with van der Waals surface area (Å²) < 4.78 is 1.47. The van der Waals surface area contributed by atoms with Crippen molar-refractivity contribution in [1.82, 2.24) is 0 Å². The van der Waals surface area contributed by atoms with Gasteiger partial charge in [0, 0.05) is 5.69 Å². The molecule has 1 heterocycles. The summed E-state index contributed by atoms with van der Waals surface area (Å²) in [7, 11) is 0. The summed E-state index contributed by atoms with van der Waals surface area (Å²) in [5.41, 5.74) is 2.04. The van der Waals surface area contributed by atoms with Crippen molar-refractivity contribution < 1.29 is 14.7 Å². The van der Waals surface area contributed by atoms with E-state index in [9.17, 15) is 9.59 Å². The van der Waals surface area contributed by atoms with Gasteiger partial charge in [-0.3, -0.25) is 14.5 Å². The zero-order valence-corrected chi connectivity index (χ0v) is 15.0. The molecule has 21 heavy (non-hydrogen) atoms. The maximum Gasteiger partial charge on any atom is 0.323 e. The summed E-state index contributed by atoms with van der Waals surface area (Å²) in [6.45, 7) is 1.54. The molecule has 7 heteroatoms. The lowest BCUT2D eigenvalue weighted by atomic mass is 10.2. The minimum absolute atomic E-state index is 0.352. The number of rotatable bonds is 4. The highest BCUT2D eigenvalue weighted by Gasteiger charge is 2.23. The van der Waals surface area contributed by atoms with Crippen molar-refractivity contribution >= 4 is 60.8 Å². The summed E-state index contributed by atoms with van der Waals surface area (Å²) in [6.07, 6.45) is 0. The molecule has 0 saturated heterocycles. The van der Waals surface area contributed by atoms with Gasteiger partial charge in [-0.05, 0) is 57.0 Å². The van der Waals surface area contributed by atoms with Crippen LogP contribution in [0.2, 0.25) is 0 Å². The summed E-state index contributed by atoms with van der Waals surface area (Å²) in [5, 5.41) is 9.06. The van der Waals surface area contributed by atoms with Crippen LogP contribution in [-0.2, 0) is 4.79 Å². The molecule has 0 fully saturated rings. The summed E-state index contributed by atoms with van der Waals surface area (Å²) in [6, 6.07) is 8.85. The number of carbonyl (C=O) groups excluding carboxylic acids is 1. The first kappa shape index (κ1) is 16.2. The fourth-order valence-electron chi connectivity index (χ4n) is 1.77. The Hall–Kier alpha value is -1.18. The third-order valence-corrected chi connectivity index (χ3v) is 5.11. The van der Waals surface area contributed by atoms with Gasteiger partial charge in [0.1, 0.15) is 6.54 Å². The molecule has 0 atom stereocenters.